The summed E-state index contributed by atoms with van der Waals surface area (Å²) in [5.74, 6) is 0.0264. The molecule has 2 rings (SSSR count). The SMILES string of the molecule is COc1ccc(CN(C)C(=O)C(C)N2CCC(CO)C2)cc1F. The average Bonchev–Trinajstić information content (AvgIpc) is 3.02. The Morgan fingerprint density at radius 2 is 2.30 bits per heavy atom. The fourth-order valence-corrected chi connectivity index (χ4v) is 3.00. The maximum Gasteiger partial charge on any atom is 0.239 e. The van der Waals surface area contributed by atoms with E-state index in [1.165, 1.54) is 13.2 Å². The minimum atomic E-state index is -0.427. The van der Waals surface area contributed by atoms with Crippen molar-refractivity contribution < 1.29 is 19.0 Å². The molecule has 1 aromatic rings. The van der Waals surface area contributed by atoms with Crippen molar-refractivity contribution in [3.8, 4) is 5.75 Å². The summed E-state index contributed by atoms with van der Waals surface area (Å²) < 4.78 is 18.6. The molecule has 1 amide bonds. The standard InChI is InChI=1S/C17H25FN2O3/c1-12(20-7-6-14(10-20)11-21)17(22)19(2)9-13-4-5-16(23-3)15(18)8-13/h4-5,8,12,14,21H,6-7,9-11H2,1-3H3. The van der Waals surface area contributed by atoms with Crippen molar-refractivity contribution in [3.63, 3.8) is 0 Å². The van der Waals surface area contributed by atoms with Crippen LogP contribution >= 0.6 is 0 Å². The number of amides is 1. The Bertz CT molecular complexity index is 553. The minimum absolute atomic E-state index is 0.000170. The fourth-order valence-electron chi connectivity index (χ4n) is 3.00. The van der Waals surface area contributed by atoms with Crippen molar-refractivity contribution in [1.29, 1.82) is 0 Å². The zero-order valence-corrected chi connectivity index (χ0v) is 14.0. The number of hydrogen-bond donors (Lipinski definition) is 1. The monoisotopic (exact) mass is 324 g/mol. The molecular weight excluding hydrogens is 299 g/mol. The van der Waals surface area contributed by atoms with Crippen LogP contribution in [0.1, 0.15) is 18.9 Å². The third-order valence-electron chi connectivity index (χ3n) is 4.49. The Balaban J connectivity index is 1.95. The highest BCUT2D eigenvalue weighted by Gasteiger charge is 2.30. The molecule has 0 aliphatic carbocycles. The lowest BCUT2D eigenvalue weighted by atomic mass is 10.1. The molecule has 0 spiro atoms. The maximum atomic E-state index is 13.7. The van der Waals surface area contributed by atoms with Crippen molar-refractivity contribution >= 4 is 5.91 Å². The Morgan fingerprint density at radius 3 is 2.87 bits per heavy atom. The lowest BCUT2D eigenvalue weighted by Crippen LogP contribution is -2.44. The van der Waals surface area contributed by atoms with Gasteiger partial charge in [0.1, 0.15) is 0 Å². The Labute approximate surface area is 136 Å². The molecule has 1 heterocycles. The molecule has 2 unspecified atom stereocenters. The van der Waals surface area contributed by atoms with Gasteiger partial charge in [-0.15, -0.1) is 0 Å². The molecule has 1 saturated heterocycles. The number of aliphatic hydroxyl groups excluding tert-OH is 1. The number of carbonyl (C=O) groups is 1. The second kappa shape index (κ2) is 7.75. The van der Waals surface area contributed by atoms with Crippen LogP contribution in [0.15, 0.2) is 18.2 Å². The molecule has 0 bridgehead atoms. The third-order valence-corrected chi connectivity index (χ3v) is 4.49. The van der Waals surface area contributed by atoms with Gasteiger partial charge in [-0.2, -0.15) is 0 Å². The van der Waals surface area contributed by atoms with Gasteiger partial charge >= 0.3 is 0 Å². The van der Waals surface area contributed by atoms with Gasteiger partial charge in [0.25, 0.3) is 0 Å². The summed E-state index contributed by atoms with van der Waals surface area (Å²) in [5.41, 5.74) is 0.723. The summed E-state index contributed by atoms with van der Waals surface area (Å²) in [6.45, 7) is 3.96. The first-order chi connectivity index (χ1) is 11.0. The second-order valence-electron chi connectivity index (χ2n) is 6.17. The van der Waals surface area contributed by atoms with Crippen LogP contribution in [-0.4, -0.2) is 60.7 Å². The number of nitrogens with zero attached hydrogens (tertiary/aromatic N) is 2. The number of likely N-dealkylation sites (N-methyl/N-ethyl adjacent to an activating group) is 1. The molecule has 0 aromatic heterocycles. The molecule has 2 atom stereocenters. The van der Waals surface area contributed by atoms with E-state index in [9.17, 15) is 14.3 Å². The van der Waals surface area contributed by atoms with Crippen LogP contribution in [0.5, 0.6) is 5.75 Å². The van der Waals surface area contributed by atoms with E-state index in [-0.39, 0.29) is 30.2 Å². The lowest BCUT2D eigenvalue weighted by Gasteiger charge is -2.28. The predicted octanol–water partition coefficient (Wildman–Crippen LogP) is 1.50. The molecule has 1 aliphatic rings. The topological polar surface area (TPSA) is 53.0 Å². The molecule has 0 radical (unpaired) electrons. The Kier molecular flexibility index (Phi) is 5.96. The zero-order chi connectivity index (χ0) is 17.0. The van der Waals surface area contributed by atoms with Gasteiger partial charge in [-0.05, 0) is 43.5 Å². The van der Waals surface area contributed by atoms with Gasteiger partial charge in [-0.1, -0.05) is 6.07 Å². The number of likely N-dealkylation sites (tertiary alicyclic amines) is 1. The summed E-state index contributed by atoms with van der Waals surface area (Å²) in [6, 6.07) is 4.48. The molecule has 5 nitrogen and oxygen atoms in total. The number of halogens is 1. The summed E-state index contributed by atoms with van der Waals surface area (Å²) >= 11 is 0. The summed E-state index contributed by atoms with van der Waals surface area (Å²) in [7, 11) is 3.14. The quantitative estimate of drug-likeness (QED) is 0.861. The lowest BCUT2D eigenvalue weighted by molar-refractivity contribution is -0.135. The number of benzene rings is 1. The van der Waals surface area contributed by atoms with Crippen LogP contribution in [0.4, 0.5) is 4.39 Å². The van der Waals surface area contributed by atoms with E-state index in [0.717, 1.165) is 25.1 Å². The van der Waals surface area contributed by atoms with Crippen LogP contribution in [0.25, 0.3) is 0 Å². The molecule has 0 saturated carbocycles. The Morgan fingerprint density at radius 1 is 1.57 bits per heavy atom. The number of methoxy groups -OCH3 is 1. The van der Waals surface area contributed by atoms with Crippen molar-refractivity contribution in [2.75, 3.05) is 33.9 Å². The van der Waals surface area contributed by atoms with Gasteiger partial charge in [0.2, 0.25) is 5.91 Å². The van der Waals surface area contributed by atoms with Gasteiger partial charge in [0, 0.05) is 26.7 Å². The van der Waals surface area contributed by atoms with E-state index >= 15 is 0 Å². The fraction of sp³-hybridized carbons (Fsp3) is 0.588. The van der Waals surface area contributed by atoms with E-state index in [4.69, 9.17) is 4.74 Å². The van der Waals surface area contributed by atoms with Gasteiger partial charge in [-0.3, -0.25) is 9.69 Å². The van der Waals surface area contributed by atoms with Gasteiger partial charge in [-0.25, -0.2) is 4.39 Å². The number of ether oxygens (including phenoxy) is 1. The molecule has 23 heavy (non-hydrogen) atoms. The van der Waals surface area contributed by atoms with Crippen LogP contribution in [0.2, 0.25) is 0 Å². The molecular formula is C17H25FN2O3. The normalized spacial score (nSPS) is 19.6. The largest absolute Gasteiger partial charge is 0.494 e. The van der Waals surface area contributed by atoms with Crippen LogP contribution in [0, 0.1) is 11.7 Å². The van der Waals surface area contributed by atoms with Crippen molar-refractivity contribution in [1.82, 2.24) is 9.80 Å². The van der Waals surface area contributed by atoms with E-state index in [1.54, 1.807) is 24.1 Å². The number of rotatable bonds is 6. The van der Waals surface area contributed by atoms with E-state index in [1.807, 2.05) is 6.92 Å². The smallest absolute Gasteiger partial charge is 0.239 e. The summed E-state index contributed by atoms with van der Waals surface area (Å²) in [6.07, 6.45) is 0.918. The molecule has 1 aliphatic heterocycles. The van der Waals surface area contributed by atoms with Crippen LogP contribution in [-0.2, 0) is 11.3 Å². The van der Waals surface area contributed by atoms with E-state index in [2.05, 4.69) is 4.90 Å². The first-order valence-corrected chi connectivity index (χ1v) is 7.88. The van der Waals surface area contributed by atoms with Crippen molar-refractivity contribution in [3.05, 3.63) is 29.6 Å². The highest BCUT2D eigenvalue weighted by molar-refractivity contribution is 5.81. The van der Waals surface area contributed by atoms with Crippen LogP contribution in [0.3, 0.4) is 0 Å². The zero-order valence-electron chi connectivity index (χ0n) is 14.0. The summed E-state index contributed by atoms with van der Waals surface area (Å²) in [5, 5.41) is 9.21. The molecule has 1 fully saturated rings. The average molecular weight is 324 g/mol. The second-order valence-corrected chi connectivity index (χ2v) is 6.17. The van der Waals surface area contributed by atoms with Gasteiger partial charge in [0.15, 0.2) is 11.6 Å². The van der Waals surface area contributed by atoms with Crippen molar-refractivity contribution in [2.24, 2.45) is 5.92 Å². The minimum Gasteiger partial charge on any atom is -0.494 e. The highest BCUT2D eigenvalue weighted by Crippen LogP contribution is 2.21. The molecule has 1 N–H and O–H groups in total. The first kappa shape index (κ1) is 17.7. The molecule has 6 heteroatoms. The maximum absolute atomic E-state index is 13.7. The van der Waals surface area contributed by atoms with Gasteiger partial charge < -0.3 is 14.7 Å². The van der Waals surface area contributed by atoms with E-state index < -0.39 is 5.82 Å². The van der Waals surface area contributed by atoms with Crippen molar-refractivity contribution in [2.45, 2.75) is 25.9 Å². The first-order valence-electron chi connectivity index (χ1n) is 7.88. The number of aliphatic hydroxyl groups is 1. The van der Waals surface area contributed by atoms with E-state index in [0.29, 0.717) is 6.54 Å². The molecule has 128 valence electrons. The predicted molar refractivity (Wildman–Crippen MR) is 85.7 cm³/mol. The summed E-state index contributed by atoms with van der Waals surface area (Å²) in [4.78, 5) is 16.2. The third kappa shape index (κ3) is 4.20. The molecule has 1 aromatic carbocycles. The highest BCUT2D eigenvalue weighted by atomic mass is 19.1. The number of carbonyl (C=O) groups excluding carboxylic acids is 1. The van der Waals surface area contributed by atoms with Crippen LogP contribution < -0.4 is 4.74 Å². The van der Waals surface area contributed by atoms with Gasteiger partial charge in [0.05, 0.1) is 13.2 Å². The Hall–Kier alpha value is -1.66. The number of hydrogen-bond acceptors (Lipinski definition) is 4.